The molecule has 0 unspecified atom stereocenters. The minimum atomic E-state index is -0.106. The van der Waals surface area contributed by atoms with Crippen LogP contribution in [0.2, 0.25) is 0 Å². The van der Waals surface area contributed by atoms with Gasteiger partial charge < -0.3 is 14.6 Å². The largest absolute Gasteiger partial charge is 0.494 e. The number of benzene rings is 4. The van der Waals surface area contributed by atoms with E-state index in [1.165, 1.54) is 10.8 Å². The van der Waals surface area contributed by atoms with Gasteiger partial charge in [0, 0.05) is 25.6 Å². The molecule has 180 valence electrons. The molecule has 0 spiro atoms. The maximum atomic E-state index is 12.2. The first-order valence-electron chi connectivity index (χ1n) is 12.3. The summed E-state index contributed by atoms with van der Waals surface area (Å²) in [7, 11) is 0. The third-order valence-electron chi connectivity index (χ3n) is 6.12. The molecule has 0 atom stereocenters. The number of imidazole rings is 1. The Morgan fingerprint density at radius 3 is 2.56 bits per heavy atom. The van der Waals surface area contributed by atoms with E-state index >= 15 is 0 Å². The minimum absolute atomic E-state index is 0.106. The van der Waals surface area contributed by atoms with Crippen LogP contribution in [0.25, 0.3) is 27.9 Å². The van der Waals surface area contributed by atoms with Gasteiger partial charge in [0.1, 0.15) is 11.6 Å². The Kier molecular flexibility index (Phi) is 7.38. The van der Waals surface area contributed by atoms with Crippen LogP contribution in [0.3, 0.4) is 0 Å². The standard InChI is InChI=1S/C31H29N3O2/c35-31(18-15-24-9-2-1-3-10-24)32-20-19-30-33-28-13-6-7-14-29(28)34(30)21-8-22-36-27-17-16-25-11-4-5-12-26(25)23-27/h1-7,9-18,23H,8,19-22H2,(H,32,35)/b18-15+. The molecule has 0 fully saturated rings. The molecule has 1 aromatic heterocycles. The molecule has 0 bridgehead atoms. The van der Waals surface area contributed by atoms with Crippen molar-refractivity contribution in [3.8, 4) is 5.75 Å². The molecular weight excluding hydrogens is 446 g/mol. The molecule has 1 N–H and O–H groups in total. The Balaban J connectivity index is 1.17. The van der Waals surface area contributed by atoms with Gasteiger partial charge in [0.05, 0.1) is 17.6 Å². The average molecular weight is 476 g/mol. The summed E-state index contributed by atoms with van der Waals surface area (Å²) in [6.45, 7) is 1.94. The molecule has 5 nitrogen and oxygen atoms in total. The summed E-state index contributed by atoms with van der Waals surface area (Å²) in [5.74, 6) is 1.75. The van der Waals surface area contributed by atoms with Crippen molar-refractivity contribution in [2.45, 2.75) is 19.4 Å². The van der Waals surface area contributed by atoms with Gasteiger partial charge in [-0.1, -0.05) is 72.8 Å². The zero-order valence-electron chi connectivity index (χ0n) is 20.1. The third-order valence-corrected chi connectivity index (χ3v) is 6.12. The van der Waals surface area contributed by atoms with Crippen LogP contribution >= 0.6 is 0 Å². The van der Waals surface area contributed by atoms with Crippen LogP contribution in [0.5, 0.6) is 5.75 Å². The second-order valence-corrected chi connectivity index (χ2v) is 8.66. The Hall–Kier alpha value is -4.38. The molecule has 0 aliphatic rings. The van der Waals surface area contributed by atoms with Crippen molar-refractivity contribution in [3.05, 3.63) is 115 Å². The summed E-state index contributed by atoms with van der Waals surface area (Å²) < 4.78 is 8.28. The monoisotopic (exact) mass is 475 g/mol. The van der Waals surface area contributed by atoms with Gasteiger partial charge in [-0.2, -0.15) is 0 Å². The quantitative estimate of drug-likeness (QED) is 0.198. The van der Waals surface area contributed by atoms with Gasteiger partial charge in [0.15, 0.2) is 0 Å². The van der Waals surface area contributed by atoms with E-state index in [0.717, 1.165) is 41.1 Å². The lowest BCUT2D eigenvalue weighted by molar-refractivity contribution is -0.116. The number of carbonyl (C=O) groups is 1. The lowest BCUT2D eigenvalue weighted by Crippen LogP contribution is -2.24. The fourth-order valence-electron chi connectivity index (χ4n) is 4.33. The lowest BCUT2D eigenvalue weighted by atomic mass is 10.1. The number of para-hydroxylation sites is 2. The highest BCUT2D eigenvalue weighted by molar-refractivity contribution is 5.91. The maximum absolute atomic E-state index is 12.2. The highest BCUT2D eigenvalue weighted by Crippen LogP contribution is 2.21. The number of fused-ring (bicyclic) bond motifs is 2. The summed E-state index contributed by atoms with van der Waals surface area (Å²) in [5.41, 5.74) is 3.08. The smallest absolute Gasteiger partial charge is 0.244 e. The number of hydrogen-bond donors (Lipinski definition) is 1. The number of aryl methyl sites for hydroxylation is 1. The number of rotatable bonds is 10. The van der Waals surface area contributed by atoms with E-state index in [1.54, 1.807) is 6.08 Å². The second kappa shape index (κ2) is 11.4. The van der Waals surface area contributed by atoms with Crippen LogP contribution in [0.4, 0.5) is 0 Å². The molecule has 0 saturated heterocycles. The van der Waals surface area contributed by atoms with E-state index in [-0.39, 0.29) is 5.91 Å². The molecule has 4 aromatic carbocycles. The normalized spacial score (nSPS) is 11.3. The molecule has 1 heterocycles. The molecule has 0 radical (unpaired) electrons. The van der Waals surface area contributed by atoms with Crippen LogP contribution in [-0.2, 0) is 17.8 Å². The van der Waals surface area contributed by atoms with Crippen LogP contribution in [0.15, 0.2) is 103 Å². The predicted octanol–water partition coefficient (Wildman–Crippen LogP) is 6.03. The van der Waals surface area contributed by atoms with Gasteiger partial charge in [-0.15, -0.1) is 0 Å². The summed E-state index contributed by atoms with van der Waals surface area (Å²) in [6, 6.07) is 32.5. The van der Waals surface area contributed by atoms with Crippen molar-refractivity contribution in [2.24, 2.45) is 0 Å². The zero-order chi connectivity index (χ0) is 24.6. The first-order chi connectivity index (χ1) is 17.8. The first-order valence-corrected chi connectivity index (χ1v) is 12.3. The zero-order valence-corrected chi connectivity index (χ0v) is 20.1. The molecule has 0 aliphatic carbocycles. The number of amides is 1. The molecular formula is C31H29N3O2. The van der Waals surface area contributed by atoms with Gasteiger partial charge in [-0.3, -0.25) is 4.79 Å². The van der Waals surface area contributed by atoms with Gasteiger partial charge >= 0.3 is 0 Å². The SMILES string of the molecule is O=C(/C=C/c1ccccc1)NCCc1nc2ccccc2n1CCCOc1ccc2ccccc2c1. The lowest BCUT2D eigenvalue weighted by Gasteiger charge is -2.11. The molecule has 36 heavy (non-hydrogen) atoms. The summed E-state index contributed by atoms with van der Waals surface area (Å²) in [6.07, 6.45) is 4.90. The van der Waals surface area contributed by atoms with E-state index in [1.807, 2.05) is 72.8 Å². The predicted molar refractivity (Wildman–Crippen MR) is 146 cm³/mol. The molecule has 5 rings (SSSR count). The fraction of sp³-hybridized carbons (Fsp3) is 0.161. The number of ether oxygens (including phenoxy) is 1. The van der Waals surface area contributed by atoms with E-state index in [2.05, 4.69) is 40.2 Å². The van der Waals surface area contributed by atoms with Gasteiger partial charge in [-0.05, 0) is 53.1 Å². The number of carbonyl (C=O) groups excluding carboxylic acids is 1. The van der Waals surface area contributed by atoms with Crippen molar-refractivity contribution in [1.29, 1.82) is 0 Å². The van der Waals surface area contributed by atoms with Crippen molar-refractivity contribution in [3.63, 3.8) is 0 Å². The van der Waals surface area contributed by atoms with Crippen molar-refractivity contribution < 1.29 is 9.53 Å². The Morgan fingerprint density at radius 2 is 1.67 bits per heavy atom. The number of nitrogens with zero attached hydrogens (tertiary/aromatic N) is 2. The van der Waals surface area contributed by atoms with Crippen LogP contribution in [0, 0.1) is 0 Å². The van der Waals surface area contributed by atoms with E-state index in [0.29, 0.717) is 19.6 Å². The Labute approximate surface area is 211 Å². The highest BCUT2D eigenvalue weighted by Gasteiger charge is 2.10. The summed E-state index contributed by atoms with van der Waals surface area (Å²) in [4.78, 5) is 17.1. The molecule has 0 aliphatic heterocycles. The van der Waals surface area contributed by atoms with E-state index in [9.17, 15) is 4.79 Å². The third kappa shape index (κ3) is 5.81. The average Bonchev–Trinajstić information content (AvgIpc) is 3.27. The van der Waals surface area contributed by atoms with Gasteiger partial charge in [-0.25, -0.2) is 4.98 Å². The second-order valence-electron chi connectivity index (χ2n) is 8.66. The molecule has 0 saturated carbocycles. The van der Waals surface area contributed by atoms with E-state index < -0.39 is 0 Å². The minimum Gasteiger partial charge on any atom is -0.494 e. The van der Waals surface area contributed by atoms with Crippen LogP contribution < -0.4 is 10.1 Å². The molecule has 1 amide bonds. The molecule has 5 heteroatoms. The molecule has 5 aromatic rings. The van der Waals surface area contributed by atoms with Crippen molar-refractivity contribution in [2.75, 3.05) is 13.2 Å². The summed E-state index contributed by atoms with van der Waals surface area (Å²) >= 11 is 0. The maximum Gasteiger partial charge on any atom is 0.244 e. The van der Waals surface area contributed by atoms with Crippen LogP contribution in [-0.4, -0.2) is 28.6 Å². The van der Waals surface area contributed by atoms with Crippen molar-refractivity contribution in [1.82, 2.24) is 14.9 Å². The fourth-order valence-corrected chi connectivity index (χ4v) is 4.33. The Bertz CT molecular complexity index is 1490. The van der Waals surface area contributed by atoms with Gasteiger partial charge in [0.2, 0.25) is 5.91 Å². The van der Waals surface area contributed by atoms with E-state index in [4.69, 9.17) is 9.72 Å². The summed E-state index contributed by atoms with van der Waals surface area (Å²) in [5, 5.41) is 5.36. The topological polar surface area (TPSA) is 56.2 Å². The van der Waals surface area contributed by atoms with Crippen LogP contribution in [0.1, 0.15) is 17.8 Å². The number of hydrogen-bond acceptors (Lipinski definition) is 3. The number of aromatic nitrogens is 2. The highest BCUT2D eigenvalue weighted by atomic mass is 16.5. The van der Waals surface area contributed by atoms with Gasteiger partial charge in [0.25, 0.3) is 0 Å². The number of nitrogens with one attached hydrogen (secondary N) is 1. The first kappa shape index (κ1) is 23.4. The Morgan fingerprint density at radius 1 is 0.889 bits per heavy atom. The van der Waals surface area contributed by atoms with Crippen molar-refractivity contribution >= 4 is 33.8 Å².